The highest BCUT2D eigenvalue weighted by Gasteiger charge is 2.21. The van der Waals surface area contributed by atoms with Gasteiger partial charge in [-0.1, -0.05) is 18.5 Å². The van der Waals surface area contributed by atoms with Crippen molar-refractivity contribution in [1.29, 1.82) is 0 Å². The molecule has 0 bridgehead atoms. The third kappa shape index (κ3) is 2.98. The third-order valence-electron chi connectivity index (χ3n) is 3.75. The van der Waals surface area contributed by atoms with Crippen molar-refractivity contribution in [3.05, 3.63) is 22.2 Å². The van der Waals surface area contributed by atoms with Crippen LogP contribution in [0, 0.1) is 0 Å². The van der Waals surface area contributed by atoms with E-state index in [1.54, 1.807) is 14.2 Å². The molecule has 1 heterocycles. The molecule has 4 heteroatoms. The first kappa shape index (κ1) is 14.5. The van der Waals surface area contributed by atoms with Gasteiger partial charge in [-0.15, -0.1) is 0 Å². The fourth-order valence-electron chi connectivity index (χ4n) is 2.78. The number of aryl methyl sites for hydroxylation is 1. The lowest BCUT2D eigenvalue weighted by Crippen LogP contribution is -2.24. The topological polar surface area (TPSA) is 30.5 Å². The molecule has 3 nitrogen and oxygen atoms in total. The van der Waals surface area contributed by atoms with Crippen LogP contribution in [0.15, 0.2) is 6.07 Å². The predicted molar refractivity (Wildman–Crippen MR) is 78.7 cm³/mol. The van der Waals surface area contributed by atoms with Gasteiger partial charge in [0.1, 0.15) is 16.5 Å². The first-order valence-corrected chi connectivity index (χ1v) is 7.24. The minimum atomic E-state index is 0.531. The highest BCUT2D eigenvalue weighted by Crippen LogP contribution is 2.40. The van der Waals surface area contributed by atoms with E-state index in [2.05, 4.69) is 18.3 Å². The van der Waals surface area contributed by atoms with Crippen molar-refractivity contribution in [3.8, 4) is 11.5 Å². The van der Waals surface area contributed by atoms with E-state index in [9.17, 15) is 0 Å². The number of hydrogen-bond acceptors (Lipinski definition) is 3. The predicted octanol–water partition coefficient (Wildman–Crippen LogP) is 3.21. The van der Waals surface area contributed by atoms with Gasteiger partial charge in [0.05, 0.1) is 14.2 Å². The molecule has 1 saturated heterocycles. The number of methoxy groups -OCH3 is 2. The van der Waals surface area contributed by atoms with Crippen LogP contribution in [0.1, 0.15) is 30.9 Å². The van der Waals surface area contributed by atoms with Crippen LogP contribution in [0.5, 0.6) is 11.5 Å². The average molecular weight is 284 g/mol. The molecule has 1 aliphatic rings. The fourth-order valence-corrected chi connectivity index (χ4v) is 3.18. The fraction of sp³-hybridized carbons (Fsp3) is 0.600. The standard InChI is InChI=1S/C15H22ClNO2/c1-4-10-8-11(9-12-6-5-7-17-12)15(19-3)13(16)14(10)18-2/h8,12,17H,4-7,9H2,1-3H3. The second kappa shape index (κ2) is 6.49. The maximum atomic E-state index is 6.41. The summed E-state index contributed by atoms with van der Waals surface area (Å²) in [6, 6.07) is 2.70. The van der Waals surface area contributed by atoms with Crippen molar-refractivity contribution in [2.45, 2.75) is 38.6 Å². The van der Waals surface area contributed by atoms with E-state index in [1.165, 1.54) is 18.4 Å². The normalized spacial score (nSPS) is 18.6. The Morgan fingerprint density at radius 2 is 1.95 bits per heavy atom. The maximum absolute atomic E-state index is 6.41. The van der Waals surface area contributed by atoms with Crippen LogP contribution in [0.3, 0.4) is 0 Å². The molecule has 0 radical (unpaired) electrons. The summed E-state index contributed by atoms with van der Waals surface area (Å²) in [5.41, 5.74) is 2.31. The van der Waals surface area contributed by atoms with Gasteiger partial charge in [-0.25, -0.2) is 0 Å². The summed E-state index contributed by atoms with van der Waals surface area (Å²) in [5.74, 6) is 1.49. The summed E-state index contributed by atoms with van der Waals surface area (Å²) in [4.78, 5) is 0. The largest absolute Gasteiger partial charge is 0.495 e. The van der Waals surface area contributed by atoms with Crippen LogP contribution in [0.25, 0.3) is 0 Å². The summed E-state index contributed by atoms with van der Waals surface area (Å²) >= 11 is 6.41. The lowest BCUT2D eigenvalue weighted by atomic mass is 9.99. The van der Waals surface area contributed by atoms with Crippen molar-refractivity contribution < 1.29 is 9.47 Å². The molecule has 1 atom stereocenters. The van der Waals surface area contributed by atoms with Gasteiger partial charge in [-0.05, 0) is 49.4 Å². The second-order valence-corrected chi connectivity index (χ2v) is 5.30. The van der Waals surface area contributed by atoms with Gasteiger partial charge in [-0.3, -0.25) is 0 Å². The first-order chi connectivity index (χ1) is 9.21. The Morgan fingerprint density at radius 1 is 1.26 bits per heavy atom. The Bertz CT molecular complexity index is 442. The lowest BCUT2D eigenvalue weighted by molar-refractivity contribution is 0.387. The molecule has 0 spiro atoms. The zero-order valence-corrected chi connectivity index (χ0v) is 12.6. The van der Waals surface area contributed by atoms with E-state index in [4.69, 9.17) is 21.1 Å². The molecule has 1 fully saturated rings. The Hall–Kier alpha value is -0.930. The van der Waals surface area contributed by atoms with Gasteiger partial charge < -0.3 is 14.8 Å². The summed E-state index contributed by atoms with van der Waals surface area (Å²) in [6.07, 6.45) is 4.32. The number of hydrogen-bond donors (Lipinski definition) is 1. The van der Waals surface area contributed by atoms with Crippen LogP contribution in [0.4, 0.5) is 0 Å². The first-order valence-electron chi connectivity index (χ1n) is 6.86. The van der Waals surface area contributed by atoms with E-state index in [0.717, 1.165) is 36.4 Å². The minimum absolute atomic E-state index is 0.531. The Labute approximate surface area is 120 Å². The SMILES string of the molecule is CCc1cc(CC2CCCN2)c(OC)c(Cl)c1OC. The maximum Gasteiger partial charge on any atom is 0.144 e. The molecule has 0 aliphatic carbocycles. The number of rotatable bonds is 5. The van der Waals surface area contributed by atoms with Gasteiger partial charge in [0, 0.05) is 6.04 Å². The monoisotopic (exact) mass is 283 g/mol. The van der Waals surface area contributed by atoms with Crippen molar-refractivity contribution >= 4 is 11.6 Å². The zero-order valence-electron chi connectivity index (χ0n) is 11.9. The summed E-state index contributed by atoms with van der Waals surface area (Å²) in [5, 5.41) is 4.11. The van der Waals surface area contributed by atoms with Crippen LogP contribution >= 0.6 is 11.6 Å². The van der Waals surface area contributed by atoms with Crippen molar-refractivity contribution in [3.63, 3.8) is 0 Å². The van der Waals surface area contributed by atoms with Crippen LogP contribution in [-0.4, -0.2) is 26.8 Å². The summed E-state index contributed by atoms with van der Waals surface area (Å²) < 4.78 is 10.9. The number of nitrogens with one attached hydrogen (secondary N) is 1. The molecule has 1 aromatic rings. The number of ether oxygens (including phenoxy) is 2. The molecule has 1 aromatic carbocycles. The molecule has 1 unspecified atom stereocenters. The van der Waals surface area contributed by atoms with Crippen molar-refractivity contribution in [1.82, 2.24) is 5.32 Å². The van der Waals surface area contributed by atoms with Gasteiger partial charge >= 0.3 is 0 Å². The second-order valence-electron chi connectivity index (χ2n) is 4.93. The Balaban J connectivity index is 2.37. The van der Waals surface area contributed by atoms with Crippen LogP contribution in [0.2, 0.25) is 5.02 Å². The van der Waals surface area contributed by atoms with E-state index >= 15 is 0 Å². The average Bonchev–Trinajstić information content (AvgIpc) is 2.91. The third-order valence-corrected chi connectivity index (χ3v) is 4.09. The van der Waals surface area contributed by atoms with Gasteiger partial charge in [0.15, 0.2) is 0 Å². The van der Waals surface area contributed by atoms with E-state index in [-0.39, 0.29) is 0 Å². The molecule has 1 N–H and O–H groups in total. The van der Waals surface area contributed by atoms with Gasteiger partial charge in [0.25, 0.3) is 0 Å². The molecule has 1 aliphatic heterocycles. The highest BCUT2D eigenvalue weighted by atomic mass is 35.5. The zero-order chi connectivity index (χ0) is 13.8. The van der Waals surface area contributed by atoms with E-state index < -0.39 is 0 Å². The molecule has 0 amide bonds. The lowest BCUT2D eigenvalue weighted by Gasteiger charge is -2.19. The molecule has 19 heavy (non-hydrogen) atoms. The minimum Gasteiger partial charge on any atom is -0.495 e. The summed E-state index contributed by atoms with van der Waals surface area (Å²) in [6.45, 7) is 3.22. The molecular formula is C15H22ClNO2. The van der Waals surface area contributed by atoms with Crippen molar-refractivity contribution in [2.24, 2.45) is 0 Å². The quantitative estimate of drug-likeness (QED) is 0.900. The molecule has 0 saturated carbocycles. The number of benzene rings is 1. The molecule has 2 rings (SSSR count). The molecule has 106 valence electrons. The van der Waals surface area contributed by atoms with Crippen LogP contribution in [-0.2, 0) is 12.8 Å². The van der Waals surface area contributed by atoms with Gasteiger partial charge in [-0.2, -0.15) is 0 Å². The Morgan fingerprint density at radius 3 is 2.47 bits per heavy atom. The molecular weight excluding hydrogens is 262 g/mol. The number of halogens is 1. The molecule has 0 aromatic heterocycles. The van der Waals surface area contributed by atoms with E-state index in [1.807, 2.05) is 0 Å². The van der Waals surface area contributed by atoms with Crippen LogP contribution < -0.4 is 14.8 Å². The smallest absolute Gasteiger partial charge is 0.144 e. The van der Waals surface area contributed by atoms with Crippen molar-refractivity contribution in [2.75, 3.05) is 20.8 Å². The van der Waals surface area contributed by atoms with E-state index in [0.29, 0.717) is 11.1 Å². The van der Waals surface area contributed by atoms with Gasteiger partial charge in [0.2, 0.25) is 0 Å². The highest BCUT2D eigenvalue weighted by molar-refractivity contribution is 6.33. The summed E-state index contributed by atoms with van der Waals surface area (Å²) in [7, 11) is 3.32. The Kier molecular flexibility index (Phi) is 4.94.